The van der Waals surface area contributed by atoms with Crippen molar-refractivity contribution in [2.45, 2.75) is 0 Å². The van der Waals surface area contributed by atoms with Gasteiger partial charge in [-0.3, -0.25) is 0 Å². The third-order valence-corrected chi connectivity index (χ3v) is 14.3. The normalized spacial score (nSPS) is 11.8. The van der Waals surface area contributed by atoms with E-state index in [4.69, 9.17) is 0 Å². The maximum atomic E-state index is 2.42. The van der Waals surface area contributed by atoms with Gasteiger partial charge in [-0.15, -0.1) is 0 Å². The number of aromatic nitrogens is 2. The number of hydrogen-bond acceptors (Lipinski definition) is 0. The van der Waals surface area contributed by atoms with E-state index in [2.05, 4.69) is 264 Å². The number of benzene rings is 12. The molecule has 0 aliphatic rings. The predicted octanol–water partition coefficient (Wildman–Crippen LogP) is 18.0. The van der Waals surface area contributed by atoms with Crippen LogP contribution in [0, 0.1) is 0 Å². The van der Waals surface area contributed by atoms with Crippen LogP contribution in [-0.4, -0.2) is 9.13 Å². The van der Waals surface area contributed by atoms with Gasteiger partial charge in [-0.1, -0.05) is 188 Å². The number of nitrogens with zero attached hydrogens (tertiary/aromatic N) is 2. The Balaban J connectivity index is 0.811. The molecule has 0 bridgehead atoms. The molecule has 316 valence electrons. The van der Waals surface area contributed by atoms with Crippen LogP contribution in [-0.2, 0) is 0 Å². The van der Waals surface area contributed by atoms with E-state index < -0.39 is 0 Å². The van der Waals surface area contributed by atoms with Gasteiger partial charge in [0, 0.05) is 32.9 Å². The molecule has 0 saturated carbocycles. The van der Waals surface area contributed by atoms with Crippen LogP contribution in [0.15, 0.2) is 255 Å². The van der Waals surface area contributed by atoms with Crippen molar-refractivity contribution in [2.24, 2.45) is 0 Å². The second-order valence-electron chi connectivity index (χ2n) is 18.1. The molecule has 0 N–H and O–H groups in total. The first kappa shape index (κ1) is 38.3. The van der Waals surface area contributed by atoms with E-state index in [1.54, 1.807) is 0 Å². The fraction of sp³-hybridized carbons (Fsp3) is 0. The van der Waals surface area contributed by atoms with Crippen LogP contribution in [0.25, 0.3) is 132 Å². The summed E-state index contributed by atoms with van der Waals surface area (Å²) >= 11 is 0. The molecule has 68 heavy (non-hydrogen) atoms. The average molecular weight is 863 g/mol. The number of hydrogen-bond donors (Lipinski definition) is 0. The van der Waals surface area contributed by atoms with Crippen LogP contribution in [0.3, 0.4) is 0 Å². The van der Waals surface area contributed by atoms with E-state index in [0.717, 1.165) is 11.4 Å². The molecule has 14 rings (SSSR count). The SMILES string of the molecule is c1ccc(-c2ccc(-c3ccc(-n4c5ccccc5c5cc(-c6ccc7c(c6)c6ccccc6n7-c6ccc(-c7ccc8c9ccccc9c9ccccc9c8c7)cc6)ccc54)cc3)cc2)cc1. The third-order valence-electron chi connectivity index (χ3n) is 14.3. The smallest absolute Gasteiger partial charge is 0.0541 e. The van der Waals surface area contributed by atoms with Gasteiger partial charge >= 0.3 is 0 Å². The molecule has 2 nitrogen and oxygen atoms in total. The lowest BCUT2D eigenvalue weighted by Crippen LogP contribution is -1.94. The summed E-state index contributed by atoms with van der Waals surface area (Å²) in [6.07, 6.45) is 0. The molecule has 0 amide bonds. The van der Waals surface area contributed by atoms with Crippen LogP contribution in [0.2, 0.25) is 0 Å². The van der Waals surface area contributed by atoms with Crippen LogP contribution in [0.4, 0.5) is 0 Å². The van der Waals surface area contributed by atoms with Gasteiger partial charge < -0.3 is 9.13 Å². The van der Waals surface area contributed by atoms with Crippen molar-refractivity contribution in [1.82, 2.24) is 9.13 Å². The highest BCUT2D eigenvalue weighted by molar-refractivity contribution is 6.25. The maximum Gasteiger partial charge on any atom is 0.0541 e. The molecule has 0 spiro atoms. The molecule has 12 aromatic carbocycles. The van der Waals surface area contributed by atoms with Gasteiger partial charge in [0.05, 0.1) is 22.1 Å². The molecule has 0 saturated heterocycles. The maximum absolute atomic E-state index is 2.42. The summed E-state index contributed by atoms with van der Waals surface area (Å²) in [4.78, 5) is 0. The second-order valence-corrected chi connectivity index (χ2v) is 18.1. The lowest BCUT2D eigenvalue weighted by Gasteiger charge is -2.13. The number of rotatable bonds is 6. The van der Waals surface area contributed by atoms with Crippen molar-refractivity contribution in [2.75, 3.05) is 0 Å². The molecule has 0 aliphatic carbocycles. The largest absolute Gasteiger partial charge is 0.309 e. The molecule has 0 atom stereocenters. The van der Waals surface area contributed by atoms with Crippen molar-refractivity contribution in [3.8, 4) is 55.9 Å². The molecule has 2 heterocycles. The lowest BCUT2D eigenvalue weighted by atomic mass is 9.92. The molecular weight excluding hydrogens is 821 g/mol. The van der Waals surface area contributed by atoms with Gasteiger partial charge in [0.15, 0.2) is 0 Å². The molecule has 0 fully saturated rings. The molecule has 0 unspecified atom stereocenters. The van der Waals surface area contributed by atoms with Crippen LogP contribution >= 0.6 is 0 Å². The number of fused-ring (bicyclic) bond motifs is 12. The topological polar surface area (TPSA) is 9.86 Å². The summed E-state index contributed by atoms with van der Waals surface area (Å²) in [5.74, 6) is 0. The summed E-state index contributed by atoms with van der Waals surface area (Å²) in [5, 5.41) is 12.7. The lowest BCUT2D eigenvalue weighted by molar-refractivity contribution is 1.18. The minimum atomic E-state index is 1.15. The summed E-state index contributed by atoms with van der Waals surface area (Å²) < 4.78 is 4.82. The zero-order valence-electron chi connectivity index (χ0n) is 37.1. The van der Waals surface area contributed by atoms with Gasteiger partial charge in [-0.2, -0.15) is 0 Å². The van der Waals surface area contributed by atoms with Gasteiger partial charge in [-0.25, -0.2) is 0 Å². The minimum absolute atomic E-state index is 1.15. The van der Waals surface area contributed by atoms with Gasteiger partial charge in [0.1, 0.15) is 0 Å². The van der Waals surface area contributed by atoms with Crippen molar-refractivity contribution in [1.29, 1.82) is 0 Å². The van der Waals surface area contributed by atoms with E-state index in [9.17, 15) is 0 Å². The Morgan fingerprint density at radius 1 is 0.162 bits per heavy atom. The zero-order valence-corrected chi connectivity index (χ0v) is 37.1. The Labute approximate surface area is 393 Å². The first-order valence-corrected chi connectivity index (χ1v) is 23.5. The van der Waals surface area contributed by atoms with Gasteiger partial charge in [-0.05, 0) is 144 Å². The van der Waals surface area contributed by atoms with Crippen molar-refractivity contribution in [3.05, 3.63) is 255 Å². The molecule has 14 aromatic rings. The standard InChI is InChI=1S/C66H42N2/c1-2-12-43(13-3-1)44-22-24-45(25-23-44)46-26-33-51(34-27-46)67-63-20-10-8-18-58(63)61-41-49(31-38-65(61)67)50-32-39-66-62(42-50)59-19-9-11-21-64(59)68(66)52-35-28-47(29-36-52)48-30-37-57-55-16-5-4-14-53(55)54-15-6-7-17-56(54)60(57)40-48/h1-42H. The fourth-order valence-corrected chi connectivity index (χ4v) is 11.0. The molecule has 0 radical (unpaired) electrons. The zero-order chi connectivity index (χ0) is 44.7. The van der Waals surface area contributed by atoms with E-state index in [-0.39, 0.29) is 0 Å². The number of para-hydroxylation sites is 2. The van der Waals surface area contributed by atoms with Crippen molar-refractivity contribution >= 4 is 75.9 Å². The monoisotopic (exact) mass is 862 g/mol. The Bertz CT molecular complexity index is 4230. The van der Waals surface area contributed by atoms with Gasteiger partial charge in [0.2, 0.25) is 0 Å². The van der Waals surface area contributed by atoms with Crippen LogP contribution in [0.5, 0.6) is 0 Å². The van der Waals surface area contributed by atoms with E-state index in [0.29, 0.717) is 0 Å². The van der Waals surface area contributed by atoms with Crippen molar-refractivity contribution in [3.63, 3.8) is 0 Å². The fourth-order valence-electron chi connectivity index (χ4n) is 11.0. The Hall–Kier alpha value is -8.98. The van der Waals surface area contributed by atoms with Crippen molar-refractivity contribution < 1.29 is 0 Å². The summed E-state index contributed by atoms with van der Waals surface area (Å²) in [6.45, 7) is 0. The molecular formula is C66H42N2. The first-order chi connectivity index (χ1) is 33.7. The predicted molar refractivity (Wildman–Crippen MR) is 289 cm³/mol. The summed E-state index contributed by atoms with van der Waals surface area (Å²) in [5.41, 5.74) is 16.8. The highest BCUT2D eigenvalue weighted by Gasteiger charge is 2.17. The average Bonchev–Trinajstić information content (AvgIpc) is 3.93. The van der Waals surface area contributed by atoms with Crippen LogP contribution < -0.4 is 0 Å². The molecule has 2 aromatic heterocycles. The Morgan fingerprint density at radius 3 is 0.912 bits per heavy atom. The molecule has 2 heteroatoms. The highest BCUT2D eigenvalue weighted by Crippen LogP contribution is 2.41. The third kappa shape index (κ3) is 6.05. The first-order valence-electron chi connectivity index (χ1n) is 23.5. The Kier molecular flexibility index (Phi) is 8.62. The van der Waals surface area contributed by atoms with E-state index in [1.807, 2.05) is 0 Å². The second kappa shape index (κ2) is 15.3. The summed E-state index contributed by atoms with van der Waals surface area (Å²) in [7, 11) is 0. The van der Waals surface area contributed by atoms with E-state index in [1.165, 1.54) is 120 Å². The minimum Gasteiger partial charge on any atom is -0.309 e. The quantitative estimate of drug-likeness (QED) is 0.147. The van der Waals surface area contributed by atoms with E-state index >= 15 is 0 Å². The van der Waals surface area contributed by atoms with Crippen LogP contribution in [0.1, 0.15) is 0 Å². The highest BCUT2D eigenvalue weighted by atomic mass is 15.0. The Morgan fingerprint density at radius 2 is 0.441 bits per heavy atom. The summed E-state index contributed by atoms with van der Waals surface area (Å²) in [6, 6.07) is 93.6. The molecule has 0 aliphatic heterocycles. The van der Waals surface area contributed by atoms with Gasteiger partial charge in [0.25, 0.3) is 0 Å².